The number of nitrogens with zero attached hydrogens (tertiary/aromatic N) is 6. The van der Waals surface area contributed by atoms with Gasteiger partial charge in [0.15, 0.2) is 5.82 Å². The van der Waals surface area contributed by atoms with Gasteiger partial charge in [-0.05, 0) is 105 Å². The zero-order valence-corrected chi connectivity index (χ0v) is 31.3. The molecule has 50 heavy (non-hydrogen) atoms. The summed E-state index contributed by atoms with van der Waals surface area (Å²) in [6.45, 7) is 16.7. The van der Waals surface area contributed by atoms with Crippen LogP contribution in [0.25, 0.3) is 0 Å². The maximum atomic E-state index is 14.4. The number of hydrogen-bond donors (Lipinski definition) is 1. The average molecular weight is 700 g/mol. The molecule has 0 unspecified atom stereocenters. The summed E-state index contributed by atoms with van der Waals surface area (Å²) in [6.07, 6.45) is 3.94. The molecule has 0 saturated carbocycles. The monoisotopic (exact) mass is 699 g/mol. The van der Waals surface area contributed by atoms with E-state index < -0.39 is 20.0 Å². The molecule has 10 nitrogen and oxygen atoms in total. The third-order valence-electron chi connectivity index (χ3n) is 10.1. The van der Waals surface area contributed by atoms with Crippen molar-refractivity contribution in [2.24, 2.45) is 5.92 Å². The number of hydrogen-bond acceptors (Lipinski definition) is 8. The highest BCUT2D eigenvalue weighted by atomic mass is 28.3. The van der Waals surface area contributed by atoms with E-state index in [1.165, 1.54) is 23.3 Å². The molecule has 1 atom stereocenters. The Morgan fingerprint density at radius 1 is 1.06 bits per heavy atom. The molecule has 1 aromatic heterocycles. The highest BCUT2D eigenvalue weighted by Gasteiger charge is 2.33. The summed E-state index contributed by atoms with van der Waals surface area (Å²) in [5.74, 6) is 0.732. The molecule has 0 radical (unpaired) electrons. The molecule has 2 aliphatic rings. The van der Waals surface area contributed by atoms with E-state index in [-0.39, 0.29) is 11.9 Å². The Hall–Kier alpha value is -4.50. The number of piperidine rings is 1. The molecular weight excluding hydrogens is 650 g/mol. The third kappa shape index (κ3) is 8.99. The number of rotatable bonds is 10. The van der Waals surface area contributed by atoms with Crippen LogP contribution in [0.2, 0.25) is 25.7 Å². The smallest absolute Gasteiger partial charge is 0.407 e. The highest BCUT2D eigenvalue weighted by molar-refractivity contribution is 6.76. The Kier molecular flexibility index (Phi) is 11.8. The van der Waals surface area contributed by atoms with Gasteiger partial charge in [-0.25, -0.2) is 9.18 Å². The fourth-order valence-electron chi connectivity index (χ4n) is 7.23. The van der Waals surface area contributed by atoms with Crippen LogP contribution in [0.15, 0.2) is 42.6 Å². The number of alkyl carbamates (subject to hydrolysis) is 1. The Morgan fingerprint density at radius 3 is 2.50 bits per heavy atom. The van der Waals surface area contributed by atoms with Gasteiger partial charge in [0.25, 0.3) is 5.91 Å². The second kappa shape index (κ2) is 16.0. The number of anilines is 2. The number of benzene rings is 2. The largest absolute Gasteiger partial charge is 0.450 e. The van der Waals surface area contributed by atoms with Gasteiger partial charge in [0, 0.05) is 59.1 Å². The van der Waals surface area contributed by atoms with Crippen molar-refractivity contribution in [3.63, 3.8) is 0 Å². The second-order valence-electron chi connectivity index (χ2n) is 14.9. The van der Waals surface area contributed by atoms with E-state index in [9.17, 15) is 19.2 Å². The molecule has 12 heteroatoms. The molecule has 3 heterocycles. The first-order chi connectivity index (χ1) is 23.8. The molecule has 5 rings (SSSR count). The van der Waals surface area contributed by atoms with Gasteiger partial charge in [-0.3, -0.25) is 4.79 Å². The molecule has 2 fully saturated rings. The molecule has 0 aliphatic carbocycles. The average Bonchev–Trinajstić information content (AvgIpc) is 3.09. The molecule has 2 amide bonds. The Labute approximate surface area is 296 Å². The van der Waals surface area contributed by atoms with Crippen LogP contribution in [0.5, 0.6) is 0 Å². The molecule has 266 valence electrons. The minimum atomic E-state index is -1.33. The molecule has 1 N–H and O–H groups in total. The minimum Gasteiger partial charge on any atom is -0.450 e. The normalized spacial score (nSPS) is 17.0. The minimum absolute atomic E-state index is 0.00193. The fourth-order valence-corrected chi connectivity index (χ4v) is 7.95. The number of carbonyl (C=O) groups excluding carboxylic acids is 2. The van der Waals surface area contributed by atoms with Crippen molar-refractivity contribution < 1.29 is 18.7 Å². The van der Waals surface area contributed by atoms with Crippen molar-refractivity contribution in [3.05, 3.63) is 81.8 Å². The summed E-state index contributed by atoms with van der Waals surface area (Å²) in [6, 6.07) is 13.1. The standard InChI is InChI=1S/C38H50FN7O3Si/c1-26-20-27(2)36(28(3)33(26)21-29-11-14-44(15-12-29)34-10-9-31(39)22-30(34)23-40)37(47)45-16-17-46(35-8-7-13-42-43-35)32(25-45)24-41-38(48)49-18-19-50(4,5)6/h7-10,13,20,22,29,32H,11-12,14-19,21,24-25H2,1-6H3,(H,41,48)/t32-/m1/s1. The van der Waals surface area contributed by atoms with Crippen LogP contribution in [0, 0.1) is 43.8 Å². The van der Waals surface area contributed by atoms with Crippen LogP contribution in [-0.4, -0.2) is 87.1 Å². The zero-order chi connectivity index (χ0) is 36.0. The summed E-state index contributed by atoms with van der Waals surface area (Å²) in [5, 5.41) is 20.9. The van der Waals surface area contributed by atoms with Crippen LogP contribution < -0.4 is 15.1 Å². The first-order valence-corrected chi connectivity index (χ1v) is 21.3. The van der Waals surface area contributed by atoms with Gasteiger partial charge in [0.2, 0.25) is 0 Å². The lowest BCUT2D eigenvalue weighted by Crippen LogP contribution is -2.58. The van der Waals surface area contributed by atoms with E-state index in [2.05, 4.69) is 70.9 Å². The van der Waals surface area contributed by atoms with Gasteiger partial charge in [-0.2, -0.15) is 10.4 Å². The molecule has 2 saturated heterocycles. The van der Waals surface area contributed by atoms with Crippen molar-refractivity contribution in [2.75, 3.05) is 55.7 Å². The summed E-state index contributed by atoms with van der Waals surface area (Å²) in [4.78, 5) is 33.2. The first-order valence-electron chi connectivity index (χ1n) is 17.6. The Morgan fingerprint density at radius 2 is 1.82 bits per heavy atom. The number of halogens is 1. The quantitative estimate of drug-likeness (QED) is 0.247. The van der Waals surface area contributed by atoms with Crippen LogP contribution in [-0.2, 0) is 11.2 Å². The predicted molar refractivity (Wildman–Crippen MR) is 197 cm³/mol. The van der Waals surface area contributed by atoms with Crippen LogP contribution in [0.3, 0.4) is 0 Å². The van der Waals surface area contributed by atoms with E-state index in [0.29, 0.717) is 50.1 Å². The molecule has 0 bridgehead atoms. The first kappa shape index (κ1) is 36.8. The van der Waals surface area contributed by atoms with Gasteiger partial charge in [-0.1, -0.05) is 25.7 Å². The molecule has 3 aromatic rings. The fraction of sp³-hybridized carbons (Fsp3) is 0.500. The van der Waals surface area contributed by atoms with E-state index in [4.69, 9.17) is 4.74 Å². The maximum Gasteiger partial charge on any atom is 0.407 e. The van der Waals surface area contributed by atoms with Crippen molar-refractivity contribution in [2.45, 2.75) is 71.8 Å². The SMILES string of the molecule is Cc1cc(C)c(C(=O)N2CCN(c3cccnn3)[C@H](CNC(=O)OCC[Si](C)(C)C)C2)c(C)c1CC1CCN(c2ccc(F)cc2C#N)CC1. The lowest BCUT2D eigenvalue weighted by Gasteiger charge is -2.42. The van der Waals surface area contributed by atoms with Crippen molar-refractivity contribution in [1.29, 1.82) is 5.26 Å². The Bertz CT molecular complexity index is 1720. The highest BCUT2D eigenvalue weighted by Crippen LogP contribution is 2.32. The predicted octanol–water partition coefficient (Wildman–Crippen LogP) is 6.27. The maximum absolute atomic E-state index is 14.4. The molecule has 2 aromatic carbocycles. The third-order valence-corrected chi connectivity index (χ3v) is 11.8. The Balaban J connectivity index is 1.28. The number of amides is 2. The van der Waals surface area contributed by atoms with Gasteiger partial charge in [0.1, 0.15) is 11.9 Å². The summed E-state index contributed by atoms with van der Waals surface area (Å²) in [7, 11) is -1.33. The van der Waals surface area contributed by atoms with Crippen LogP contribution >= 0.6 is 0 Å². The van der Waals surface area contributed by atoms with Gasteiger partial charge in [0.05, 0.1) is 23.9 Å². The van der Waals surface area contributed by atoms with Gasteiger partial charge < -0.3 is 24.8 Å². The number of aromatic nitrogens is 2. The topological polar surface area (TPSA) is 115 Å². The second-order valence-corrected chi connectivity index (χ2v) is 20.5. The summed E-state index contributed by atoms with van der Waals surface area (Å²) in [5.41, 5.74) is 6.29. The van der Waals surface area contributed by atoms with Crippen molar-refractivity contribution in [3.8, 4) is 6.07 Å². The number of carbonyl (C=O) groups is 2. The van der Waals surface area contributed by atoms with E-state index in [1.54, 1.807) is 12.3 Å². The van der Waals surface area contributed by atoms with Crippen molar-refractivity contribution >= 4 is 31.6 Å². The number of piperazine rings is 1. The molecule has 2 aliphatic heterocycles. The number of nitrogens with one attached hydrogen (secondary N) is 1. The molecule has 0 spiro atoms. The van der Waals surface area contributed by atoms with Gasteiger partial charge >= 0.3 is 6.09 Å². The van der Waals surface area contributed by atoms with Crippen LogP contribution in [0.4, 0.5) is 20.7 Å². The number of nitriles is 1. The van der Waals surface area contributed by atoms with E-state index >= 15 is 0 Å². The van der Waals surface area contributed by atoms with E-state index in [1.807, 2.05) is 24.0 Å². The zero-order valence-electron chi connectivity index (χ0n) is 30.3. The lowest BCUT2D eigenvalue weighted by molar-refractivity contribution is 0.0719. The van der Waals surface area contributed by atoms with E-state index in [0.717, 1.165) is 60.8 Å². The number of aryl methyl sites for hydroxylation is 2. The summed E-state index contributed by atoms with van der Waals surface area (Å²) < 4.78 is 19.2. The lowest BCUT2D eigenvalue weighted by atomic mass is 9.83. The van der Waals surface area contributed by atoms with Crippen LogP contribution in [0.1, 0.15) is 51.0 Å². The van der Waals surface area contributed by atoms with Gasteiger partial charge in [-0.15, -0.1) is 5.10 Å². The summed E-state index contributed by atoms with van der Waals surface area (Å²) >= 11 is 0. The molecular formula is C38H50FN7O3Si. The number of ether oxygens (including phenoxy) is 1. The van der Waals surface area contributed by atoms with Crippen molar-refractivity contribution in [1.82, 2.24) is 20.4 Å².